The number of anilines is 6. The Balaban J connectivity index is 1.06. The molecule has 11 aromatic rings. The molecule has 0 N–H and O–H groups in total. The maximum atomic E-state index is 2.40. The van der Waals surface area contributed by atoms with Crippen molar-refractivity contribution in [1.29, 1.82) is 0 Å². The van der Waals surface area contributed by atoms with E-state index in [0.717, 1.165) is 34.1 Å². The minimum Gasteiger partial charge on any atom is -0.310 e. The van der Waals surface area contributed by atoms with E-state index in [1.165, 1.54) is 65.3 Å². The quantitative estimate of drug-likeness (QED) is 0.142. The second kappa shape index (κ2) is 15.1. The predicted octanol–water partition coefficient (Wildman–Crippen LogP) is 16.6. The zero-order valence-electron chi connectivity index (χ0n) is 33.0. The van der Waals surface area contributed by atoms with Crippen LogP contribution in [0.1, 0.15) is 0 Å². The van der Waals surface area contributed by atoms with Crippen LogP contribution >= 0.6 is 0 Å². The van der Waals surface area contributed by atoms with Gasteiger partial charge >= 0.3 is 0 Å². The molecule has 0 aromatic heterocycles. The molecule has 0 aliphatic rings. The van der Waals surface area contributed by atoms with Crippen molar-refractivity contribution in [2.75, 3.05) is 9.80 Å². The van der Waals surface area contributed by atoms with Crippen LogP contribution in [0.4, 0.5) is 34.1 Å². The minimum atomic E-state index is 1.13. The van der Waals surface area contributed by atoms with E-state index >= 15 is 0 Å². The molecule has 0 amide bonds. The van der Waals surface area contributed by atoms with Crippen LogP contribution in [-0.2, 0) is 0 Å². The molecule has 2 heteroatoms. The Morgan fingerprint density at radius 2 is 0.517 bits per heavy atom. The maximum absolute atomic E-state index is 2.40. The van der Waals surface area contributed by atoms with Crippen molar-refractivity contribution in [3.05, 3.63) is 243 Å². The highest BCUT2D eigenvalue weighted by molar-refractivity contribution is 6.16. The SMILES string of the molecule is c1ccc(N(c2ccccc2)c2cccc3c(-c4cccc5cc6c(-c7ccc(N(c8ccccc8)c8ccccc8)c8ccccc78)cccc6cc45)cccc23)cc1. The van der Waals surface area contributed by atoms with Crippen LogP contribution in [0.5, 0.6) is 0 Å². The van der Waals surface area contributed by atoms with Crippen LogP contribution in [0.15, 0.2) is 243 Å². The highest BCUT2D eigenvalue weighted by Gasteiger charge is 2.20. The summed E-state index contributed by atoms with van der Waals surface area (Å²) >= 11 is 0. The molecule has 0 aliphatic carbocycles. The van der Waals surface area contributed by atoms with Gasteiger partial charge in [-0.1, -0.05) is 170 Å². The van der Waals surface area contributed by atoms with Crippen LogP contribution in [0.2, 0.25) is 0 Å². The van der Waals surface area contributed by atoms with Gasteiger partial charge in [0.25, 0.3) is 0 Å². The topological polar surface area (TPSA) is 6.48 Å². The molecule has 0 bridgehead atoms. The molecule has 0 saturated heterocycles. The third-order valence-corrected chi connectivity index (χ3v) is 11.8. The summed E-state index contributed by atoms with van der Waals surface area (Å²) < 4.78 is 0. The molecule has 0 saturated carbocycles. The predicted molar refractivity (Wildman–Crippen MR) is 257 cm³/mol. The van der Waals surface area contributed by atoms with E-state index in [1.54, 1.807) is 0 Å². The first-order valence-corrected chi connectivity index (χ1v) is 20.6. The Bertz CT molecular complexity index is 3050. The number of hydrogen-bond donors (Lipinski definition) is 0. The molecule has 0 heterocycles. The van der Waals surface area contributed by atoms with Gasteiger partial charge in [0.2, 0.25) is 0 Å². The van der Waals surface area contributed by atoms with E-state index in [9.17, 15) is 0 Å². The molecule has 0 spiro atoms. The highest BCUT2D eigenvalue weighted by Crippen LogP contribution is 2.45. The molecule has 60 heavy (non-hydrogen) atoms. The van der Waals surface area contributed by atoms with Gasteiger partial charge in [-0.3, -0.25) is 0 Å². The van der Waals surface area contributed by atoms with E-state index in [-0.39, 0.29) is 0 Å². The van der Waals surface area contributed by atoms with Crippen LogP contribution < -0.4 is 9.80 Å². The van der Waals surface area contributed by atoms with Crippen molar-refractivity contribution in [3.8, 4) is 22.3 Å². The number of hydrogen-bond acceptors (Lipinski definition) is 2. The Kier molecular flexibility index (Phi) is 8.87. The lowest BCUT2D eigenvalue weighted by Crippen LogP contribution is -2.10. The molecule has 2 nitrogen and oxygen atoms in total. The third-order valence-electron chi connectivity index (χ3n) is 11.8. The summed E-state index contributed by atoms with van der Waals surface area (Å²) in [5.41, 5.74) is 11.7. The molecule has 0 radical (unpaired) electrons. The summed E-state index contributed by atoms with van der Waals surface area (Å²) in [5.74, 6) is 0. The smallest absolute Gasteiger partial charge is 0.0540 e. The van der Waals surface area contributed by atoms with E-state index in [2.05, 4.69) is 252 Å². The summed E-state index contributed by atoms with van der Waals surface area (Å²) in [7, 11) is 0. The average Bonchev–Trinajstić information content (AvgIpc) is 3.32. The number of fused-ring (bicyclic) bond motifs is 4. The molecule has 0 fully saturated rings. The Labute approximate surface area is 350 Å². The lowest BCUT2D eigenvalue weighted by Gasteiger charge is -2.27. The van der Waals surface area contributed by atoms with Crippen molar-refractivity contribution < 1.29 is 0 Å². The summed E-state index contributed by atoms with van der Waals surface area (Å²) in [6.45, 7) is 0. The second-order valence-electron chi connectivity index (χ2n) is 15.3. The molecule has 11 aromatic carbocycles. The number of benzene rings is 11. The number of para-hydroxylation sites is 4. The minimum absolute atomic E-state index is 1.13. The van der Waals surface area contributed by atoms with Crippen LogP contribution in [0, 0.1) is 0 Å². The lowest BCUT2D eigenvalue weighted by atomic mass is 9.89. The first kappa shape index (κ1) is 35.2. The van der Waals surface area contributed by atoms with Gasteiger partial charge in [-0.25, -0.2) is 0 Å². The van der Waals surface area contributed by atoms with Gasteiger partial charge in [-0.15, -0.1) is 0 Å². The fraction of sp³-hybridized carbons (Fsp3) is 0. The van der Waals surface area contributed by atoms with E-state index in [1.807, 2.05) is 0 Å². The van der Waals surface area contributed by atoms with Gasteiger partial charge in [0.15, 0.2) is 0 Å². The van der Waals surface area contributed by atoms with E-state index < -0.39 is 0 Å². The normalized spacial score (nSPS) is 11.3. The van der Waals surface area contributed by atoms with E-state index in [0.29, 0.717) is 0 Å². The van der Waals surface area contributed by atoms with E-state index in [4.69, 9.17) is 0 Å². The maximum Gasteiger partial charge on any atom is 0.0540 e. The van der Waals surface area contributed by atoms with Crippen LogP contribution in [-0.4, -0.2) is 0 Å². The molecular formula is C58H40N2. The van der Waals surface area contributed by atoms with Crippen molar-refractivity contribution in [3.63, 3.8) is 0 Å². The Hall–Kier alpha value is -7.94. The van der Waals surface area contributed by atoms with Gasteiger partial charge in [0, 0.05) is 33.5 Å². The third kappa shape index (κ3) is 6.14. The Morgan fingerprint density at radius 1 is 0.200 bits per heavy atom. The molecule has 0 atom stereocenters. The van der Waals surface area contributed by atoms with Gasteiger partial charge in [-0.05, 0) is 127 Å². The summed E-state index contributed by atoms with van der Waals surface area (Å²) in [4.78, 5) is 4.72. The number of rotatable bonds is 8. The summed E-state index contributed by atoms with van der Waals surface area (Å²) in [5, 5.41) is 9.77. The molecule has 0 aliphatic heterocycles. The van der Waals surface area contributed by atoms with Gasteiger partial charge < -0.3 is 9.80 Å². The highest BCUT2D eigenvalue weighted by atomic mass is 15.1. The first-order valence-electron chi connectivity index (χ1n) is 20.6. The fourth-order valence-corrected chi connectivity index (χ4v) is 9.12. The van der Waals surface area contributed by atoms with Gasteiger partial charge in [0.05, 0.1) is 11.4 Å². The average molecular weight is 765 g/mol. The van der Waals surface area contributed by atoms with Crippen molar-refractivity contribution in [2.45, 2.75) is 0 Å². The molecule has 282 valence electrons. The molecule has 0 unspecified atom stereocenters. The fourth-order valence-electron chi connectivity index (χ4n) is 9.12. The zero-order valence-corrected chi connectivity index (χ0v) is 33.0. The molecular weight excluding hydrogens is 725 g/mol. The van der Waals surface area contributed by atoms with Gasteiger partial charge in [0.1, 0.15) is 0 Å². The zero-order chi connectivity index (χ0) is 39.8. The second-order valence-corrected chi connectivity index (χ2v) is 15.3. The Morgan fingerprint density at radius 3 is 0.983 bits per heavy atom. The standard InChI is InChI=1S/C58H40N2/c1-5-21-43(22-6-1)59(44-23-7-2-8-24-44)57-36-18-34-49-47(33-17-35-54(49)57)50-31-15-19-41-40-56-42(39-55(41)50)20-16-32-51(56)52-37-38-58(53-30-14-13-29-48(52)53)60(45-25-9-3-10-26-45)46-27-11-4-12-28-46/h1-40H. The van der Waals surface area contributed by atoms with Crippen LogP contribution in [0.25, 0.3) is 65.3 Å². The lowest BCUT2D eigenvalue weighted by molar-refractivity contribution is 1.30. The van der Waals surface area contributed by atoms with Crippen molar-refractivity contribution in [1.82, 2.24) is 0 Å². The summed E-state index contributed by atoms with van der Waals surface area (Å²) in [6, 6.07) is 87.8. The van der Waals surface area contributed by atoms with Crippen molar-refractivity contribution >= 4 is 77.2 Å². The monoisotopic (exact) mass is 764 g/mol. The van der Waals surface area contributed by atoms with Crippen LogP contribution in [0.3, 0.4) is 0 Å². The largest absolute Gasteiger partial charge is 0.310 e. The molecule has 11 rings (SSSR count). The first-order chi connectivity index (χ1) is 29.8. The number of nitrogens with zero attached hydrogens (tertiary/aromatic N) is 2. The summed E-state index contributed by atoms with van der Waals surface area (Å²) in [6.07, 6.45) is 0. The van der Waals surface area contributed by atoms with Gasteiger partial charge in [-0.2, -0.15) is 0 Å². The van der Waals surface area contributed by atoms with Crippen molar-refractivity contribution in [2.24, 2.45) is 0 Å².